The third-order valence-electron chi connectivity index (χ3n) is 6.41. The summed E-state index contributed by atoms with van der Waals surface area (Å²) in [7, 11) is 0. The first-order chi connectivity index (χ1) is 14.7. The Hall–Kier alpha value is -2.92. The van der Waals surface area contributed by atoms with Gasteiger partial charge in [-0.3, -0.25) is 4.90 Å². The smallest absolute Gasteiger partial charge is 0.135 e. The summed E-state index contributed by atoms with van der Waals surface area (Å²) in [6.45, 7) is 6.47. The van der Waals surface area contributed by atoms with E-state index in [2.05, 4.69) is 86.6 Å². The molecule has 2 aliphatic heterocycles. The summed E-state index contributed by atoms with van der Waals surface area (Å²) in [6, 6.07) is 20.0. The molecule has 3 aromatic rings. The maximum atomic E-state index is 4.55. The Morgan fingerprint density at radius 3 is 2.57 bits per heavy atom. The molecule has 1 saturated heterocycles. The van der Waals surface area contributed by atoms with Crippen LogP contribution < -0.4 is 10.2 Å². The van der Waals surface area contributed by atoms with Crippen LogP contribution in [0.4, 0.5) is 17.3 Å². The van der Waals surface area contributed by atoms with Crippen LogP contribution in [-0.2, 0) is 13.0 Å². The predicted molar refractivity (Wildman–Crippen MR) is 122 cm³/mol. The van der Waals surface area contributed by atoms with Crippen molar-refractivity contribution in [3.8, 4) is 0 Å². The van der Waals surface area contributed by atoms with Gasteiger partial charge in [0.05, 0.1) is 0 Å². The van der Waals surface area contributed by atoms with Crippen LogP contribution in [0, 0.1) is 6.92 Å². The maximum Gasteiger partial charge on any atom is 0.135 e. The lowest BCUT2D eigenvalue weighted by Gasteiger charge is -2.41. The first-order valence-electron chi connectivity index (χ1n) is 11.0. The van der Waals surface area contributed by atoms with Crippen LogP contribution in [0.15, 0.2) is 60.9 Å². The topological polar surface area (TPSA) is 44.3 Å². The minimum atomic E-state index is 0.668. The molecule has 1 N–H and O–H groups in total. The zero-order valence-electron chi connectivity index (χ0n) is 17.6. The number of hydrogen-bond acceptors (Lipinski definition) is 5. The van der Waals surface area contributed by atoms with Crippen LogP contribution in [0.1, 0.15) is 29.5 Å². The summed E-state index contributed by atoms with van der Waals surface area (Å²) in [5, 5.41) is 3.41. The number of aryl methyl sites for hydroxylation is 1. The van der Waals surface area contributed by atoms with Gasteiger partial charge in [-0.2, -0.15) is 0 Å². The number of rotatable bonds is 4. The highest BCUT2D eigenvalue weighted by Gasteiger charge is 2.27. The predicted octanol–water partition coefficient (Wildman–Crippen LogP) is 4.56. The fraction of sp³-hybridized carbons (Fsp3) is 0.360. The second-order valence-electron chi connectivity index (χ2n) is 8.46. The van der Waals surface area contributed by atoms with E-state index in [0.29, 0.717) is 6.04 Å². The summed E-state index contributed by atoms with van der Waals surface area (Å²) >= 11 is 0. The number of nitrogens with one attached hydrogen (secondary N) is 1. The molecule has 2 aromatic carbocycles. The molecule has 2 aliphatic rings. The minimum absolute atomic E-state index is 0.668. The Kier molecular flexibility index (Phi) is 5.37. The summed E-state index contributed by atoms with van der Waals surface area (Å²) in [5.74, 6) is 1.86. The first-order valence-corrected chi connectivity index (χ1v) is 11.0. The van der Waals surface area contributed by atoms with Gasteiger partial charge in [-0.1, -0.05) is 36.4 Å². The molecule has 3 heterocycles. The monoisotopic (exact) mass is 399 g/mol. The van der Waals surface area contributed by atoms with Gasteiger partial charge in [0, 0.05) is 44.0 Å². The number of anilines is 3. The fourth-order valence-corrected chi connectivity index (χ4v) is 4.75. The van der Waals surface area contributed by atoms with Gasteiger partial charge in [0.25, 0.3) is 0 Å². The number of piperidine rings is 1. The molecular formula is C25H29N5. The number of fused-ring (bicyclic) bond motifs is 1. The summed E-state index contributed by atoms with van der Waals surface area (Å²) in [6.07, 6.45) is 5.22. The maximum absolute atomic E-state index is 4.55. The average molecular weight is 400 g/mol. The lowest BCUT2D eigenvalue weighted by atomic mass is 9.95. The van der Waals surface area contributed by atoms with Gasteiger partial charge >= 0.3 is 0 Å². The molecule has 1 fully saturated rings. The molecule has 0 bridgehead atoms. The highest BCUT2D eigenvalue weighted by atomic mass is 15.2. The van der Waals surface area contributed by atoms with Crippen LogP contribution in [0.25, 0.3) is 0 Å². The highest BCUT2D eigenvalue weighted by molar-refractivity contribution is 5.60. The molecule has 1 aromatic heterocycles. The van der Waals surface area contributed by atoms with Crippen molar-refractivity contribution in [1.82, 2.24) is 14.9 Å². The molecule has 0 aliphatic carbocycles. The zero-order chi connectivity index (χ0) is 20.3. The van der Waals surface area contributed by atoms with E-state index in [4.69, 9.17) is 0 Å². The van der Waals surface area contributed by atoms with Crippen LogP contribution in [-0.4, -0.2) is 40.5 Å². The number of nitrogens with zero attached hydrogens (tertiary/aromatic N) is 4. The van der Waals surface area contributed by atoms with Crippen LogP contribution in [0.5, 0.6) is 0 Å². The highest BCUT2D eigenvalue weighted by Crippen LogP contribution is 2.27. The third kappa shape index (κ3) is 4.17. The van der Waals surface area contributed by atoms with Crippen LogP contribution in [0.3, 0.4) is 0 Å². The van der Waals surface area contributed by atoms with Crippen LogP contribution >= 0.6 is 0 Å². The second kappa shape index (κ2) is 8.44. The molecule has 0 atom stereocenters. The van der Waals surface area contributed by atoms with Crippen molar-refractivity contribution in [3.05, 3.63) is 77.6 Å². The van der Waals surface area contributed by atoms with E-state index in [9.17, 15) is 0 Å². The normalized spacial score (nSPS) is 17.6. The van der Waals surface area contributed by atoms with Crippen LogP contribution in [0.2, 0.25) is 0 Å². The molecule has 5 nitrogen and oxygen atoms in total. The average Bonchev–Trinajstić information content (AvgIpc) is 2.79. The molecule has 0 amide bonds. The van der Waals surface area contributed by atoms with E-state index in [-0.39, 0.29) is 0 Å². The van der Waals surface area contributed by atoms with E-state index < -0.39 is 0 Å². The largest absolute Gasteiger partial charge is 0.356 e. The minimum Gasteiger partial charge on any atom is -0.356 e. The van der Waals surface area contributed by atoms with E-state index in [1.165, 1.54) is 42.5 Å². The van der Waals surface area contributed by atoms with Gasteiger partial charge in [-0.05, 0) is 55.0 Å². The van der Waals surface area contributed by atoms with Crippen molar-refractivity contribution in [2.45, 2.75) is 38.8 Å². The molecule has 5 rings (SSSR count). The van der Waals surface area contributed by atoms with Gasteiger partial charge in [-0.25, -0.2) is 9.97 Å². The van der Waals surface area contributed by atoms with E-state index in [1.807, 2.05) is 0 Å². The number of benzene rings is 2. The molecule has 0 saturated carbocycles. The summed E-state index contributed by atoms with van der Waals surface area (Å²) < 4.78 is 0. The van der Waals surface area contributed by atoms with Crippen molar-refractivity contribution in [3.63, 3.8) is 0 Å². The standard InChI is InChI=1S/C25H29N5/c1-19-5-4-8-22(15-19)28-24-16-25(27-18-26-24)29-13-10-23(11-14-29)30-12-9-20-6-2-3-7-21(20)17-30/h2-8,15-16,18,23H,9-14,17H2,1H3,(H,26,27,28). The molecular weight excluding hydrogens is 370 g/mol. The molecule has 5 heteroatoms. The molecule has 30 heavy (non-hydrogen) atoms. The Balaban J connectivity index is 1.21. The molecule has 0 unspecified atom stereocenters. The number of aromatic nitrogens is 2. The number of hydrogen-bond donors (Lipinski definition) is 1. The van der Waals surface area contributed by atoms with Gasteiger partial charge < -0.3 is 10.2 Å². The van der Waals surface area contributed by atoms with Crippen molar-refractivity contribution in [2.24, 2.45) is 0 Å². The fourth-order valence-electron chi connectivity index (χ4n) is 4.75. The summed E-state index contributed by atoms with van der Waals surface area (Å²) in [4.78, 5) is 14.0. The van der Waals surface area contributed by atoms with Gasteiger partial charge in [0.1, 0.15) is 18.0 Å². The molecule has 0 spiro atoms. The Morgan fingerprint density at radius 2 is 1.73 bits per heavy atom. The van der Waals surface area contributed by atoms with Crippen molar-refractivity contribution < 1.29 is 0 Å². The first kappa shape index (κ1) is 19.1. The van der Waals surface area contributed by atoms with Gasteiger partial charge in [-0.15, -0.1) is 0 Å². The second-order valence-corrected chi connectivity index (χ2v) is 8.46. The van der Waals surface area contributed by atoms with Gasteiger partial charge in [0.2, 0.25) is 0 Å². The Labute approximate surface area is 178 Å². The van der Waals surface area contributed by atoms with Gasteiger partial charge in [0.15, 0.2) is 0 Å². The van der Waals surface area contributed by atoms with E-state index >= 15 is 0 Å². The third-order valence-corrected chi connectivity index (χ3v) is 6.41. The van der Waals surface area contributed by atoms with Crippen molar-refractivity contribution >= 4 is 17.3 Å². The lowest BCUT2D eigenvalue weighted by molar-refractivity contribution is 0.153. The molecule has 0 radical (unpaired) electrons. The van der Waals surface area contributed by atoms with Crippen molar-refractivity contribution in [1.29, 1.82) is 0 Å². The quantitative estimate of drug-likeness (QED) is 0.697. The molecule has 154 valence electrons. The van der Waals surface area contributed by atoms with E-state index in [1.54, 1.807) is 6.33 Å². The van der Waals surface area contributed by atoms with E-state index in [0.717, 1.165) is 37.0 Å². The zero-order valence-corrected chi connectivity index (χ0v) is 17.6. The Morgan fingerprint density at radius 1 is 0.900 bits per heavy atom. The SMILES string of the molecule is Cc1cccc(Nc2cc(N3CCC(N4CCc5ccccc5C4)CC3)ncn2)c1. The Bertz CT molecular complexity index is 1010. The summed E-state index contributed by atoms with van der Waals surface area (Å²) in [5.41, 5.74) is 5.33. The van der Waals surface area contributed by atoms with Crippen molar-refractivity contribution in [2.75, 3.05) is 29.9 Å². The lowest BCUT2D eigenvalue weighted by Crippen LogP contribution is -2.46.